The SMILES string of the molecule is O=C(CC1CCC(Nc2nccc(Nc3cc(C4CCCC4)[nH]n3)n2)CC1)CC1CCN(C2CC2)CC1. The number of hydrogen-bond donors (Lipinski definition) is 3. The molecule has 6 rings (SSSR count). The Labute approximate surface area is 220 Å². The lowest BCUT2D eigenvalue weighted by atomic mass is 9.81. The third kappa shape index (κ3) is 6.70. The Morgan fingerprint density at radius 1 is 0.919 bits per heavy atom. The first-order valence-electron chi connectivity index (χ1n) is 14.9. The summed E-state index contributed by atoms with van der Waals surface area (Å²) >= 11 is 0. The normalized spacial score (nSPS) is 25.8. The van der Waals surface area contributed by atoms with Gasteiger partial charge in [-0.1, -0.05) is 12.8 Å². The van der Waals surface area contributed by atoms with Crippen molar-refractivity contribution in [3.63, 3.8) is 0 Å². The van der Waals surface area contributed by atoms with Gasteiger partial charge in [-0.15, -0.1) is 0 Å². The van der Waals surface area contributed by atoms with Gasteiger partial charge in [-0.3, -0.25) is 9.89 Å². The minimum absolute atomic E-state index is 0.368. The quantitative estimate of drug-likeness (QED) is 0.375. The van der Waals surface area contributed by atoms with Crippen LogP contribution < -0.4 is 10.6 Å². The first kappa shape index (κ1) is 24.8. The van der Waals surface area contributed by atoms with Crippen molar-refractivity contribution in [1.29, 1.82) is 0 Å². The van der Waals surface area contributed by atoms with E-state index >= 15 is 0 Å². The number of nitrogens with one attached hydrogen (secondary N) is 3. The molecule has 3 saturated carbocycles. The zero-order valence-electron chi connectivity index (χ0n) is 22.1. The maximum absolute atomic E-state index is 12.8. The molecule has 0 unspecified atom stereocenters. The van der Waals surface area contributed by atoms with Gasteiger partial charge < -0.3 is 15.5 Å². The van der Waals surface area contributed by atoms with Crippen molar-refractivity contribution >= 4 is 23.4 Å². The van der Waals surface area contributed by atoms with Crippen LogP contribution in [0.4, 0.5) is 17.6 Å². The second-order valence-corrected chi connectivity index (χ2v) is 12.1. The number of rotatable bonds is 10. The van der Waals surface area contributed by atoms with E-state index in [1.165, 1.54) is 70.2 Å². The van der Waals surface area contributed by atoms with Crippen molar-refractivity contribution in [2.75, 3.05) is 23.7 Å². The van der Waals surface area contributed by atoms with Crippen molar-refractivity contribution < 1.29 is 4.79 Å². The lowest BCUT2D eigenvalue weighted by Crippen LogP contribution is -2.36. The Bertz CT molecular complexity index is 1030. The van der Waals surface area contributed by atoms with Crippen LogP contribution in [0.5, 0.6) is 0 Å². The molecule has 2 aromatic rings. The molecule has 8 nitrogen and oxygen atoms in total. The van der Waals surface area contributed by atoms with Crippen LogP contribution in [0.2, 0.25) is 0 Å². The number of aromatic nitrogens is 4. The Kier molecular flexibility index (Phi) is 7.72. The van der Waals surface area contributed by atoms with Crippen LogP contribution in [-0.2, 0) is 4.79 Å². The molecule has 1 aliphatic heterocycles. The molecule has 0 radical (unpaired) electrons. The predicted octanol–water partition coefficient (Wildman–Crippen LogP) is 5.80. The summed E-state index contributed by atoms with van der Waals surface area (Å²) in [4.78, 5) is 24.6. The third-order valence-corrected chi connectivity index (χ3v) is 9.23. The average molecular weight is 506 g/mol. The highest BCUT2D eigenvalue weighted by Crippen LogP contribution is 2.35. The van der Waals surface area contributed by atoms with Gasteiger partial charge in [-0.2, -0.15) is 10.1 Å². The summed E-state index contributed by atoms with van der Waals surface area (Å²) in [5.41, 5.74) is 1.22. The number of hydrogen-bond acceptors (Lipinski definition) is 7. The number of carbonyl (C=O) groups is 1. The zero-order valence-corrected chi connectivity index (χ0v) is 22.1. The third-order valence-electron chi connectivity index (χ3n) is 9.23. The Morgan fingerprint density at radius 3 is 2.38 bits per heavy atom. The van der Waals surface area contributed by atoms with Crippen LogP contribution in [0.1, 0.15) is 102 Å². The molecule has 3 N–H and O–H groups in total. The maximum atomic E-state index is 12.8. The number of anilines is 3. The topological polar surface area (TPSA) is 98.8 Å². The molecular formula is C29H43N7O. The fraction of sp³-hybridized carbons (Fsp3) is 0.724. The summed E-state index contributed by atoms with van der Waals surface area (Å²) in [6, 6.07) is 5.24. The number of aromatic amines is 1. The summed E-state index contributed by atoms with van der Waals surface area (Å²) in [7, 11) is 0. The smallest absolute Gasteiger partial charge is 0.224 e. The number of carbonyl (C=O) groups excluding carboxylic acids is 1. The van der Waals surface area contributed by atoms with Gasteiger partial charge in [0.2, 0.25) is 5.95 Å². The molecule has 0 atom stereocenters. The van der Waals surface area contributed by atoms with E-state index in [1.54, 1.807) is 6.20 Å². The van der Waals surface area contributed by atoms with Crippen LogP contribution in [0, 0.1) is 11.8 Å². The van der Waals surface area contributed by atoms with Gasteiger partial charge in [0.25, 0.3) is 0 Å². The molecule has 4 aliphatic rings. The fourth-order valence-corrected chi connectivity index (χ4v) is 6.86. The lowest BCUT2D eigenvalue weighted by molar-refractivity contribution is -0.121. The van der Waals surface area contributed by atoms with Gasteiger partial charge in [-0.05, 0) is 95.2 Å². The highest BCUT2D eigenvalue weighted by atomic mass is 16.1. The number of Topliss-reactive ketones (excluding diaryl/α,β-unsaturated/α-hetero) is 1. The molecule has 2 aromatic heterocycles. The molecule has 3 heterocycles. The van der Waals surface area contributed by atoms with Crippen molar-refractivity contribution in [3.8, 4) is 0 Å². The van der Waals surface area contributed by atoms with Crippen LogP contribution in [-0.4, -0.2) is 56.0 Å². The van der Waals surface area contributed by atoms with E-state index in [1.807, 2.05) is 6.07 Å². The summed E-state index contributed by atoms with van der Waals surface area (Å²) in [5.74, 6) is 4.50. The minimum atomic E-state index is 0.368. The number of likely N-dealkylation sites (tertiary alicyclic amines) is 1. The molecule has 0 bridgehead atoms. The number of nitrogens with zero attached hydrogens (tertiary/aromatic N) is 4. The highest BCUT2D eigenvalue weighted by Gasteiger charge is 2.32. The standard InChI is InChI=1S/C29H43N7O/c37-25(18-21-12-15-36(16-13-21)24-9-10-24)17-20-5-7-23(8-6-20)31-29-30-14-11-27(33-29)32-28-19-26(34-35-28)22-3-1-2-4-22/h11,14,19-24H,1-10,12-13,15-18H2,(H3,30,31,32,33,34,35). The number of H-pyrrole nitrogens is 1. The van der Waals surface area contributed by atoms with Gasteiger partial charge in [-0.25, -0.2) is 4.98 Å². The van der Waals surface area contributed by atoms with Gasteiger partial charge >= 0.3 is 0 Å². The monoisotopic (exact) mass is 505 g/mol. The molecule has 200 valence electrons. The van der Waals surface area contributed by atoms with Gasteiger partial charge in [0.1, 0.15) is 11.6 Å². The summed E-state index contributed by atoms with van der Waals surface area (Å²) in [6.07, 6.45) is 18.1. The highest BCUT2D eigenvalue weighted by molar-refractivity contribution is 5.78. The summed E-state index contributed by atoms with van der Waals surface area (Å²) in [5, 5.41) is 14.5. The van der Waals surface area contributed by atoms with Crippen LogP contribution in [0.15, 0.2) is 18.3 Å². The molecule has 0 spiro atoms. The van der Waals surface area contributed by atoms with E-state index in [0.29, 0.717) is 35.5 Å². The number of ketones is 1. The maximum Gasteiger partial charge on any atom is 0.224 e. The second-order valence-electron chi connectivity index (χ2n) is 12.1. The van der Waals surface area contributed by atoms with Crippen LogP contribution in [0.3, 0.4) is 0 Å². The summed E-state index contributed by atoms with van der Waals surface area (Å²) < 4.78 is 0. The minimum Gasteiger partial charge on any atom is -0.351 e. The van der Waals surface area contributed by atoms with E-state index in [2.05, 4.69) is 41.8 Å². The van der Waals surface area contributed by atoms with E-state index in [-0.39, 0.29) is 0 Å². The summed E-state index contributed by atoms with van der Waals surface area (Å²) in [6.45, 7) is 2.42. The predicted molar refractivity (Wildman–Crippen MR) is 146 cm³/mol. The van der Waals surface area contributed by atoms with Crippen molar-refractivity contribution in [1.82, 2.24) is 25.1 Å². The molecule has 3 aliphatic carbocycles. The largest absolute Gasteiger partial charge is 0.351 e. The van der Waals surface area contributed by atoms with Crippen molar-refractivity contribution in [3.05, 3.63) is 24.0 Å². The molecule has 8 heteroatoms. The first-order chi connectivity index (χ1) is 18.2. The lowest BCUT2D eigenvalue weighted by Gasteiger charge is -2.32. The Morgan fingerprint density at radius 2 is 1.65 bits per heavy atom. The number of piperidine rings is 1. The van der Waals surface area contributed by atoms with Crippen molar-refractivity contribution in [2.24, 2.45) is 11.8 Å². The van der Waals surface area contributed by atoms with E-state index in [4.69, 9.17) is 0 Å². The van der Waals surface area contributed by atoms with Gasteiger partial charge in [0, 0.05) is 48.8 Å². The fourth-order valence-electron chi connectivity index (χ4n) is 6.86. The van der Waals surface area contributed by atoms with Crippen LogP contribution >= 0.6 is 0 Å². The van der Waals surface area contributed by atoms with Crippen molar-refractivity contribution in [2.45, 2.75) is 108 Å². The molecule has 0 amide bonds. The molecule has 4 fully saturated rings. The molecule has 1 saturated heterocycles. The van der Waals surface area contributed by atoms with Crippen LogP contribution in [0.25, 0.3) is 0 Å². The van der Waals surface area contributed by atoms with E-state index in [0.717, 1.165) is 56.2 Å². The molecular weight excluding hydrogens is 462 g/mol. The second kappa shape index (κ2) is 11.5. The average Bonchev–Trinajstić information content (AvgIpc) is 3.40. The molecule has 37 heavy (non-hydrogen) atoms. The molecule has 0 aromatic carbocycles. The van der Waals surface area contributed by atoms with E-state index in [9.17, 15) is 4.79 Å². The first-order valence-corrected chi connectivity index (χ1v) is 14.9. The van der Waals surface area contributed by atoms with E-state index < -0.39 is 0 Å². The van der Waals surface area contributed by atoms with Gasteiger partial charge in [0.15, 0.2) is 5.82 Å². The Balaban J connectivity index is 0.920. The zero-order chi connectivity index (χ0) is 25.0. The van der Waals surface area contributed by atoms with Gasteiger partial charge in [0.05, 0.1) is 0 Å². The Hall–Kier alpha value is -2.48.